The first kappa shape index (κ1) is 29.3. The molecule has 4 rings (SSSR count). The molecule has 3 N–H and O–H groups in total. The van der Waals surface area contributed by atoms with Gasteiger partial charge in [0.1, 0.15) is 5.75 Å². The van der Waals surface area contributed by atoms with Gasteiger partial charge in [-0.25, -0.2) is 0 Å². The Kier molecular flexibility index (Phi) is 8.68. The van der Waals surface area contributed by atoms with Crippen LogP contribution in [0.2, 0.25) is 0 Å². The number of nitrogens with one attached hydrogen (secondary N) is 1. The molecule has 1 fully saturated rings. The van der Waals surface area contributed by atoms with Gasteiger partial charge in [-0.15, -0.1) is 13.2 Å². The van der Waals surface area contributed by atoms with Crippen molar-refractivity contribution in [1.82, 2.24) is 13.5 Å². The van der Waals surface area contributed by atoms with Gasteiger partial charge in [0, 0.05) is 69.3 Å². The third-order valence-electron chi connectivity index (χ3n) is 6.42. The van der Waals surface area contributed by atoms with Gasteiger partial charge in [0.05, 0.1) is 0 Å². The van der Waals surface area contributed by atoms with Crippen LogP contribution >= 0.6 is 0 Å². The van der Waals surface area contributed by atoms with Crippen molar-refractivity contribution in [3.63, 3.8) is 0 Å². The van der Waals surface area contributed by atoms with E-state index in [-0.39, 0.29) is 22.9 Å². The van der Waals surface area contributed by atoms with Crippen molar-refractivity contribution in [3.8, 4) is 16.9 Å². The van der Waals surface area contributed by atoms with E-state index in [1.54, 1.807) is 12.1 Å². The Balaban J connectivity index is 1.35. The van der Waals surface area contributed by atoms with E-state index in [1.165, 1.54) is 59.1 Å². The fraction of sp³-hybridized carbons (Fsp3) is 0.296. The first-order valence-electron chi connectivity index (χ1n) is 12.4. The number of rotatable bonds is 8. The second kappa shape index (κ2) is 11.8. The van der Waals surface area contributed by atoms with E-state index in [9.17, 15) is 26.4 Å². The molecule has 0 spiro atoms. The maximum absolute atomic E-state index is 12.8. The van der Waals surface area contributed by atoms with Gasteiger partial charge in [0.15, 0.2) is 0 Å². The zero-order chi connectivity index (χ0) is 29.1. The maximum atomic E-state index is 12.8. The summed E-state index contributed by atoms with van der Waals surface area (Å²) in [5, 5.41) is 2.81. The van der Waals surface area contributed by atoms with Crippen LogP contribution in [-0.2, 0) is 16.8 Å². The minimum Gasteiger partial charge on any atom is -0.405 e. The predicted octanol–water partition coefficient (Wildman–Crippen LogP) is 4.01. The van der Waals surface area contributed by atoms with Crippen molar-refractivity contribution in [2.24, 2.45) is 0 Å². The number of carbonyl (C=O) groups excluding carboxylic acids is 1. The summed E-state index contributed by atoms with van der Waals surface area (Å²) < 4.78 is 69.8. The van der Waals surface area contributed by atoms with Crippen LogP contribution in [-0.4, -0.2) is 74.5 Å². The van der Waals surface area contributed by atoms with Crippen LogP contribution in [0.3, 0.4) is 0 Å². The smallest absolute Gasteiger partial charge is 0.405 e. The molecule has 0 aromatic heterocycles. The van der Waals surface area contributed by atoms with Crippen LogP contribution in [0, 0.1) is 0 Å². The molecule has 13 heteroatoms. The lowest BCUT2D eigenvalue weighted by atomic mass is 10.0. The Hall–Kier alpha value is -3.65. The molecule has 1 amide bonds. The number of nitrogen functional groups attached to an aromatic ring is 1. The van der Waals surface area contributed by atoms with Crippen molar-refractivity contribution in [3.05, 3.63) is 77.9 Å². The van der Waals surface area contributed by atoms with Crippen LogP contribution < -0.4 is 15.8 Å². The van der Waals surface area contributed by atoms with Gasteiger partial charge in [-0.2, -0.15) is 17.0 Å². The summed E-state index contributed by atoms with van der Waals surface area (Å²) in [6, 6.07) is 17.3. The second-order valence-electron chi connectivity index (χ2n) is 9.50. The molecule has 0 aliphatic carbocycles. The van der Waals surface area contributed by atoms with Crippen LogP contribution in [0.4, 0.5) is 24.5 Å². The number of amides is 1. The molecule has 214 valence electrons. The normalized spacial score (nSPS) is 15.2. The van der Waals surface area contributed by atoms with E-state index >= 15 is 0 Å². The molecule has 1 heterocycles. The van der Waals surface area contributed by atoms with Crippen molar-refractivity contribution < 1.29 is 31.1 Å². The van der Waals surface area contributed by atoms with E-state index in [2.05, 4.69) is 15.0 Å². The highest BCUT2D eigenvalue weighted by molar-refractivity contribution is 7.86. The Morgan fingerprint density at radius 2 is 1.60 bits per heavy atom. The molecule has 3 aromatic rings. The number of hydrogen-bond acceptors (Lipinski definition) is 6. The van der Waals surface area contributed by atoms with Crippen LogP contribution in [0.15, 0.2) is 66.7 Å². The Bertz CT molecular complexity index is 1440. The fourth-order valence-electron chi connectivity index (χ4n) is 4.29. The third-order valence-corrected chi connectivity index (χ3v) is 8.36. The van der Waals surface area contributed by atoms with Gasteiger partial charge >= 0.3 is 6.36 Å². The summed E-state index contributed by atoms with van der Waals surface area (Å²) in [7, 11) is -0.377. The topological polar surface area (TPSA) is 108 Å². The summed E-state index contributed by atoms with van der Waals surface area (Å²) in [4.78, 5) is 14.9. The highest BCUT2D eigenvalue weighted by atomic mass is 32.2. The number of benzene rings is 3. The molecule has 0 saturated carbocycles. The number of nitrogens with two attached hydrogens (primary N) is 1. The molecule has 0 atom stereocenters. The molecule has 1 aliphatic heterocycles. The summed E-state index contributed by atoms with van der Waals surface area (Å²) in [5.41, 5.74) is 8.51. The molecule has 1 saturated heterocycles. The highest BCUT2D eigenvalue weighted by Crippen LogP contribution is 2.35. The van der Waals surface area contributed by atoms with Gasteiger partial charge in [-0.05, 0) is 53.6 Å². The number of halogens is 3. The van der Waals surface area contributed by atoms with Crippen LogP contribution in [0.25, 0.3) is 11.1 Å². The van der Waals surface area contributed by atoms with Crippen molar-refractivity contribution >= 4 is 27.5 Å². The van der Waals surface area contributed by atoms with Gasteiger partial charge in [-0.1, -0.05) is 24.3 Å². The number of ether oxygens (including phenoxy) is 1. The minimum absolute atomic E-state index is 0.153. The molecule has 9 nitrogen and oxygen atoms in total. The Morgan fingerprint density at radius 1 is 0.975 bits per heavy atom. The van der Waals surface area contributed by atoms with E-state index < -0.39 is 16.6 Å². The van der Waals surface area contributed by atoms with E-state index in [1.807, 2.05) is 12.1 Å². The quantitative estimate of drug-likeness (QED) is 0.392. The first-order valence-corrected chi connectivity index (χ1v) is 13.8. The fourth-order valence-corrected chi connectivity index (χ4v) is 5.38. The monoisotopic (exact) mass is 577 g/mol. The maximum Gasteiger partial charge on any atom is 0.573 e. The van der Waals surface area contributed by atoms with Crippen molar-refractivity contribution in [1.29, 1.82) is 0 Å². The van der Waals surface area contributed by atoms with Gasteiger partial charge < -0.3 is 15.8 Å². The van der Waals surface area contributed by atoms with Crippen molar-refractivity contribution in [2.45, 2.75) is 12.9 Å². The molecular formula is C27H30F3N5O4S. The molecule has 0 bridgehead atoms. The van der Waals surface area contributed by atoms with Gasteiger partial charge in [-0.3, -0.25) is 9.69 Å². The lowest BCUT2D eigenvalue weighted by molar-refractivity contribution is -0.274. The zero-order valence-electron chi connectivity index (χ0n) is 22.0. The highest BCUT2D eigenvalue weighted by Gasteiger charge is 2.32. The molecule has 3 aromatic carbocycles. The number of anilines is 2. The van der Waals surface area contributed by atoms with Gasteiger partial charge in [0.2, 0.25) is 0 Å². The summed E-state index contributed by atoms with van der Waals surface area (Å²) in [5.74, 6) is -0.767. The molecule has 0 unspecified atom stereocenters. The molecule has 40 heavy (non-hydrogen) atoms. The standard InChI is InChI=1S/C27H30F3N5O4S/c1-33(2)40(37,38)35-15-13-34(14-16-35)18-19-3-10-23(11-4-19)32-26(36)21-7-5-20(6-8-21)24-17-22(31)9-12-25(24)39-27(28,29)30/h3-12,17H,13-16,18,31H2,1-2H3,(H,32,36). The lowest BCUT2D eigenvalue weighted by Gasteiger charge is -2.35. The first-order chi connectivity index (χ1) is 18.8. The van der Waals surface area contributed by atoms with Crippen LogP contribution in [0.5, 0.6) is 5.75 Å². The largest absolute Gasteiger partial charge is 0.573 e. The van der Waals surface area contributed by atoms with Gasteiger partial charge in [0.25, 0.3) is 16.1 Å². The third kappa shape index (κ3) is 7.30. The minimum atomic E-state index is -4.86. The summed E-state index contributed by atoms with van der Waals surface area (Å²) >= 11 is 0. The Morgan fingerprint density at radius 3 is 2.17 bits per heavy atom. The average Bonchev–Trinajstić information content (AvgIpc) is 2.90. The number of hydrogen-bond donors (Lipinski definition) is 2. The average molecular weight is 578 g/mol. The predicted molar refractivity (Wildman–Crippen MR) is 147 cm³/mol. The summed E-state index contributed by atoms with van der Waals surface area (Å²) in [6.45, 7) is 2.71. The molecular weight excluding hydrogens is 547 g/mol. The van der Waals surface area contributed by atoms with E-state index in [4.69, 9.17) is 5.73 Å². The van der Waals surface area contributed by atoms with E-state index in [0.29, 0.717) is 49.5 Å². The number of nitrogens with zero attached hydrogens (tertiary/aromatic N) is 3. The number of alkyl halides is 3. The molecule has 0 radical (unpaired) electrons. The molecule has 1 aliphatic rings. The van der Waals surface area contributed by atoms with E-state index in [0.717, 1.165) is 11.6 Å². The lowest BCUT2D eigenvalue weighted by Crippen LogP contribution is -2.51. The zero-order valence-corrected chi connectivity index (χ0v) is 22.8. The number of carbonyl (C=O) groups is 1. The van der Waals surface area contributed by atoms with Crippen LogP contribution in [0.1, 0.15) is 15.9 Å². The Labute approximate surface area is 231 Å². The summed E-state index contributed by atoms with van der Waals surface area (Å²) in [6.07, 6.45) is -4.86. The second-order valence-corrected chi connectivity index (χ2v) is 11.6. The SMILES string of the molecule is CN(C)S(=O)(=O)N1CCN(Cc2ccc(NC(=O)c3ccc(-c4cc(N)ccc4OC(F)(F)F)cc3)cc2)CC1. The van der Waals surface area contributed by atoms with Crippen molar-refractivity contribution in [2.75, 3.05) is 51.3 Å². The number of piperazine rings is 1.